The van der Waals surface area contributed by atoms with Gasteiger partial charge >= 0.3 is 17.9 Å². The molecule has 6 aromatic rings. The second-order valence-corrected chi connectivity index (χ2v) is 12.3. The summed E-state index contributed by atoms with van der Waals surface area (Å²) in [5.41, 5.74) is 0.734. The number of halogens is 7. The fraction of sp³-hybridized carbons (Fsp3) is 0.0426. The lowest BCUT2D eigenvalue weighted by atomic mass is 10.1. The van der Waals surface area contributed by atoms with Crippen LogP contribution in [0.15, 0.2) is 132 Å². The molecule has 0 aliphatic rings. The molecule has 6 nitrogen and oxygen atoms in total. The average molecular weight is 884 g/mol. The van der Waals surface area contributed by atoms with Crippen molar-refractivity contribution in [2.24, 2.45) is 0 Å². The van der Waals surface area contributed by atoms with Gasteiger partial charge in [-0.2, -0.15) is 0 Å². The molecule has 0 aliphatic heterocycles. The summed E-state index contributed by atoms with van der Waals surface area (Å²) in [6, 6.07) is 29.8. The molecular weight excluding hydrogens is 854 g/mol. The van der Waals surface area contributed by atoms with Gasteiger partial charge in [0.1, 0.15) is 34.9 Å². The van der Waals surface area contributed by atoms with Gasteiger partial charge in [0.05, 0.1) is 47.6 Å². The maximum Gasteiger partial charge on any atom is 0.340 e. The fourth-order valence-electron chi connectivity index (χ4n) is 4.38. The van der Waals surface area contributed by atoms with Crippen molar-refractivity contribution in [3.63, 3.8) is 0 Å². The lowest BCUT2D eigenvalue weighted by Crippen LogP contribution is -2.04. The normalized spacial score (nSPS) is 9.40. The Morgan fingerprint density at radius 1 is 0.500 bits per heavy atom. The summed E-state index contributed by atoms with van der Waals surface area (Å²) >= 11 is 3.08. The third kappa shape index (κ3) is 14.4. The SMILES string of the molecule is C#Cc1ccccc1F.COC(=O)c1ccc(Br)cc1F.COC(=O)c1ccc(C#Cc2ccccc2F)cc1F.O=C(O)c1ccc(C#Cc2ccccc2F)cc1F. The molecule has 0 aliphatic carbocycles. The van der Waals surface area contributed by atoms with Crippen LogP contribution in [0.2, 0.25) is 0 Å². The van der Waals surface area contributed by atoms with E-state index in [0.717, 1.165) is 18.2 Å². The highest BCUT2D eigenvalue weighted by Gasteiger charge is 2.13. The van der Waals surface area contributed by atoms with Crippen molar-refractivity contribution in [3.8, 4) is 36.0 Å². The first-order valence-electron chi connectivity index (χ1n) is 16.9. The number of esters is 2. The lowest BCUT2D eigenvalue weighted by Gasteiger charge is -2.00. The van der Waals surface area contributed by atoms with E-state index in [1.54, 1.807) is 48.5 Å². The van der Waals surface area contributed by atoms with Crippen LogP contribution < -0.4 is 0 Å². The number of terminal acetylenes is 1. The third-order valence-electron chi connectivity index (χ3n) is 7.37. The summed E-state index contributed by atoms with van der Waals surface area (Å²) in [6.45, 7) is 0. The Kier molecular flexibility index (Phi) is 18.5. The summed E-state index contributed by atoms with van der Waals surface area (Å²) in [5.74, 6) is 6.45. The number of benzene rings is 6. The van der Waals surface area contributed by atoms with Crippen LogP contribution in [0.3, 0.4) is 0 Å². The smallest absolute Gasteiger partial charge is 0.340 e. The van der Waals surface area contributed by atoms with Crippen LogP contribution in [-0.4, -0.2) is 37.2 Å². The minimum Gasteiger partial charge on any atom is -0.478 e. The second-order valence-electron chi connectivity index (χ2n) is 11.4. The van der Waals surface area contributed by atoms with Crippen molar-refractivity contribution >= 4 is 33.8 Å². The number of aromatic carboxylic acids is 1. The van der Waals surface area contributed by atoms with E-state index in [2.05, 4.69) is 55.0 Å². The minimum absolute atomic E-state index is 0.0549. The summed E-state index contributed by atoms with van der Waals surface area (Å²) < 4.78 is 88.5. The zero-order valence-electron chi connectivity index (χ0n) is 31.3. The molecule has 0 radical (unpaired) electrons. The van der Waals surface area contributed by atoms with Gasteiger partial charge in [0, 0.05) is 15.6 Å². The van der Waals surface area contributed by atoms with Crippen molar-refractivity contribution in [1.82, 2.24) is 0 Å². The molecule has 0 saturated heterocycles. The predicted octanol–water partition coefficient (Wildman–Crippen LogP) is 10.4. The van der Waals surface area contributed by atoms with Crippen LogP contribution in [0, 0.1) is 70.9 Å². The Morgan fingerprint density at radius 2 is 0.867 bits per heavy atom. The van der Waals surface area contributed by atoms with Crippen LogP contribution in [0.1, 0.15) is 58.9 Å². The Morgan fingerprint density at radius 3 is 1.20 bits per heavy atom. The number of carbonyl (C=O) groups is 3. The fourth-order valence-corrected chi connectivity index (χ4v) is 4.72. The van der Waals surface area contributed by atoms with Gasteiger partial charge in [-0.25, -0.2) is 40.7 Å². The molecule has 0 aromatic heterocycles. The van der Waals surface area contributed by atoms with Gasteiger partial charge in [-0.15, -0.1) is 6.42 Å². The van der Waals surface area contributed by atoms with Gasteiger partial charge in [-0.1, -0.05) is 81.9 Å². The number of ether oxygens (including phenoxy) is 2. The van der Waals surface area contributed by atoms with Crippen LogP contribution in [0.25, 0.3) is 0 Å². The largest absolute Gasteiger partial charge is 0.478 e. The molecule has 1 N–H and O–H groups in total. The summed E-state index contributed by atoms with van der Waals surface area (Å²) in [6.07, 6.45) is 4.96. The molecule has 0 unspecified atom stereocenters. The zero-order valence-corrected chi connectivity index (χ0v) is 32.9. The third-order valence-corrected chi connectivity index (χ3v) is 7.86. The molecule has 0 amide bonds. The zero-order chi connectivity index (χ0) is 44.2. The van der Waals surface area contributed by atoms with Gasteiger partial charge in [-0.05, 0) is 91.0 Å². The van der Waals surface area contributed by atoms with Crippen molar-refractivity contribution in [2.75, 3.05) is 14.2 Å². The summed E-state index contributed by atoms with van der Waals surface area (Å²) in [7, 11) is 2.39. The molecule has 13 heteroatoms. The first kappa shape index (κ1) is 46.8. The second kappa shape index (κ2) is 23.6. The van der Waals surface area contributed by atoms with Crippen molar-refractivity contribution < 1.29 is 55.3 Å². The number of carbonyl (C=O) groups excluding carboxylic acids is 2. The molecule has 60 heavy (non-hydrogen) atoms. The van der Waals surface area contributed by atoms with Crippen LogP contribution in [0.4, 0.5) is 26.3 Å². The van der Waals surface area contributed by atoms with E-state index >= 15 is 0 Å². The quantitative estimate of drug-likeness (QED) is 0.108. The van der Waals surface area contributed by atoms with Crippen LogP contribution in [-0.2, 0) is 9.47 Å². The van der Waals surface area contributed by atoms with Gasteiger partial charge in [0.15, 0.2) is 0 Å². The number of methoxy groups -OCH3 is 2. The van der Waals surface area contributed by atoms with Gasteiger partial charge in [-0.3, -0.25) is 0 Å². The standard InChI is InChI=1S/C16H10F2O2.C15H8F2O2.C8H6BrFO2.C8H5F/c1-20-16(19)13-9-7-11(10-15(13)18)6-8-12-4-2-3-5-14(12)17;16-13-4-2-1-3-11(13)7-5-10-6-8-12(15(18)19)14(17)9-10;1-12-8(11)6-3-2-5(9)4-7(6)10;1-2-7-5-3-4-6-8(7)9/h2-5,7,9-10H,1H3;1-4,6,8-9H,(H,18,19);2-4H,1H3;1,3-6H. The highest BCUT2D eigenvalue weighted by atomic mass is 79.9. The highest BCUT2D eigenvalue weighted by molar-refractivity contribution is 9.10. The van der Waals surface area contributed by atoms with Crippen LogP contribution >= 0.6 is 15.9 Å². The average Bonchev–Trinajstić information content (AvgIpc) is 3.23. The minimum atomic E-state index is -1.34. The van der Waals surface area contributed by atoms with E-state index in [4.69, 9.17) is 11.5 Å². The number of hydrogen-bond acceptors (Lipinski definition) is 5. The van der Waals surface area contributed by atoms with Crippen molar-refractivity contribution in [1.29, 1.82) is 0 Å². The first-order valence-corrected chi connectivity index (χ1v) is 17.7. The Hall–Kier alpha value is -7.53. The number of hydrogen-bond donors (Lipinski definition) is 1. The Bertz CT molecular complexity index is 2670. The molecule has 0 saturated carbocycles. The van der Waals surface area contributed by atoms with Crippen LogP contribution in [0.5, 0.6) is 0 Å². The lowest BCUT2D eigenvalue weighted by molar-refractivity contribution is 0.0586. The molecule has 0 bridgehead atoms. The van der Waals surface area contributed by atoms with E-state index in [9.17, 15) is 40.7 Å². The number of carboxylic acids is 1. The van der Waals surface area contributed by atoms with Crippen molar-refractivity contribution in [3.05, 3.63) is 211 Å². The summed E-state index contributed by atoms with van der Waals surface area (Å²) in [5, 5.41) is 8.68. The summed E-state index contributed by atoms with van der Waals surface area (Å²) in [4.78, 5) is 32.7. The molecule has 0 fully saturated rings. The molecular formula is C47H29BrF6O6. The van der Waals surface area contributed by atoms with Gasteiger partial charge in [0.25, 0.3) is 0 Å². The monoisotopic (exact) mass is 882 g/mol. The molecule has 0 atom stereocenters. The van der Waals surface area contributed by atoms with Crippen molar-refractivity contribution in [2.45, 2.75) is 0 Å². The predicted molar refractivity (Wildman–Crippen MR) is 216 cm³/mol. The van der Waals surface area contributed by atoms with Gasteiger partial charge in [0.2, 0.25) is 0 Å². The molecule has 0 heterocycles. The van der Waals surface area contributed by atoms with E-state index in [1.807, 2.05) is 0 Å². The van der Waals surface area contributed by atoms with E-state index in [0.29, 0.717) is 15.6 Å². The maximum atomic E-state index is 13.6. The first-order chi connectivity index (χ1) is 28.7. The molecule has 302 valence electrons. The van der Waals surface area contributed by atoms with E-state index in [-0.39, 0.29) is 33.6 Å². The maximum absolute atomic E-state index is 13.6. The topological polar surface area (TPSA) is 89.9 Å². The van der Waals surface area contributed by atoms with E-state index < -0.39 is 52.6 Å². The highest BCUT2D eigenvalue weighted by Crippen LogP contribution is 2.16. The molecule has 0 spiro atoms. The number of carboxylic acid groups (broad SMARTS) is 1. The van der Waals surface area contributed by atoms with E-state index in [1.165, 1.54) is 74.9 Å². The Labute approximate surface area is 349 Å². The molecule has 6 rings (SSSR count). The Balaban J connectivity index is 0.000000223. The number of rotatable bonds is 3. The van der Waals surface area contributed by atoms with Gasteiger partial charge < -0.3 is 14.6 Å². The molecule has 6 aromatic carbocycles.